The standard InChI is InChI=1S/C13H22N2O4/c1-3-14-13(17)11-10-18-9-8-15(11)7-5-6-12(16)19-4-2/h5-6,11H,3-4,7-10H2,1-2H3,(H,14,17)/b6-5+. The van der Waals surface area contributed by atoms with Crippen molar-refractivity contribution < 1.29 is 19.1 Å². The zero-order chi connectivity index (χ0) is 14.1. The first-order chi connectivity index (χ1) is 9.19. The third-order valence-corrected chi connectivity index (χ3v) is 2.77. The molecule has 6 heteroatoms. The van der Waals surface area contributed by atoms with Gasteiger partial charge in [0.15, 0.2) is 0 Å². The van der Waals surface area contributed by atoms with E-state index >= 15 is 0 Å². The first kappa shape index (κ1) is 15.7. The number of amides is 1. The first-order valence-electron chi connectivity index (χ1n) is 6.61. The van der Waals surface area contributed by atoms with E-state index in [4.69, 9.17) is 9.47 Å². The van der Waals surface area contributed by atoms with Crippen LogP contribution in [-0.2, 0) is 19.1 Å². The van der Waals surface area contributed by atoms with Crippen molar-refractivity contribution >= 4 is 11.9 Å². The SMILES string of the molecule is CCNC(=O)C1COCCN1C/C=C/C(=O)OCC. The van der Waals surface area contributed by atoms with E-state index in [-0.39, 0.29) is 17.9 Å². The van der Waals surface area contributed by atoms with E-state index in [0.29, 0.717) is 39.5 Å². The summed E-state index contributed by atoms with van der Waals surface area (Å²) in [4.78, 5) is 25.0. The first-order valence-corrected chi connectivity index (χ1v) is 6.61. The Kier molecular flexibility index (Phi) is 7.14. The van der Waals surface area contributed by atoms with E-state index in [9.17, 15) is 9.59 Å². The Labute approximate surface area is 113 Å². The van der Waals surface area contributed by atoms with Crippen molar-refractivity contribution in [1.82, 2.24) is 10.2 Å². The van der Waals surface area contributed by atoms with Gasteiger partial charge in [-0.2, -0.15) is 0 Å². The predicted molar refractivity (Wildman–Crippen MR) is 70.6 cm³/mol. The highest BCUT2D eigenvalue weighted by atomic mass is 16.5. The number of carbonyl (C=O) groups excluding carboxylic acids is 2. The summed E-state index contributed by atoms with van der Waals surface area (Å²) in [7, 11) is 0. The molecular formula is C13H22N2O4. The maximum absolute atomic E-state index is 11.9. The van der Waals surface area contributed by atoms with Crippen molar-refractivity contribution in [3.05, 3.63) is 12.2 Å². The summed E-state index contributed by atoms with van der Waals surface area (Å²) in [5.74, 6) is -0.392. The predicted octanol–water partition coefficient (Wildman–Crippen LogP) is -0.0574. The molecule has 0 aromatic carbocycles. The normalized spacial score (nSPS) is 20.4. The lowest BCUT2D eigenvalue weighted by molar-refractivity contribution is -0.137. The third-order valence-electron chi connectivity index (χ3n) is 2.77. The van der Waals surface area contributed by atoms with Crippen molar-refractivity contribution in [3.63, 3.8) is 0 Å². The fraction of sp³-hybridized carbons (Fsp3) is 0.692. The van der Waals surface area contributed by atoms with Gasteiger partial charge in [0.05, 0.1) is 19.8 Å². The fourth-order valence-corrected chi connectivity index (χ4v) is 1.86. The van der Waals surface area contributed by atoms with E-state index < -0.39 is 0 Å². The van der Waals surface area contributed by atoms with Gasteiger partial charge in [0.25, 0.3) is 0 Å². The monoisotopic (exact) mass is 270 g/mol. The number of morpholine rings is 1. The van der Waals surface area contributed by atoms with Gasteiger partial charge in [-0.25, -0.2) is 4.79 Å². The molecule has 1 atom stereocenters. The average Bonchev–Trinajstić information content (AvgIpc) is 2.40. The molecule has 6 nitrogen and oxygen atoms in total. The quantitative estimate of drug-likeness (QED) is 0.541. The summed E-state index contributed by atoms with van der Waals surface area (Å²) in [6.07, 6.45) is 3.11. The number of rotatable bonds is 6. The molecule has 0 aliphatic carbocycles. The molecule has 1 saturated heterocycles. The molecule has 1 N–H and O–H groups in total. The van der Waals surface area contributed by atoms with Gasteiger partial charge in [-0.3, -0.25) is 9.69 Å². The molecule has 0 aromatic rings. The summed E-state index contributed by atoms with van der Waals surface area (Å²) in [6.45, 7) is 6.80. The number of ether oxygens (including phenoxy) is 2. The van der Waals surface area contributed by atoms with Crippen LogP contribution in [0.25, 0.3) is 0 Å². The maximum Gasteiger partial charge on any atom is 0.330 e. The highest BCUT2D eigenvalue weighted by Gasteiger charge is 2.28. The van der Waals surface area contributed by atoms with E-state index in [1.807, 2.05) is 11.8 Å². The minimum Gasteiger partial charge on any atom is -0.463 e. The Balaban J connectivity index is 2.48. The van der Waals surface area contributed by atoms with E-state index in [2.05, 4.69) is 5.32 Å². The fourth-order valence-electron chi connectivity index (χ4n) is 1.86. The Hall–Kier alpha value is -1.40. The average molecular weight is 270 g/mol. The molecule has 108 valence electrons. The zero-order valence-corrected chi connectivity index (χ0v) is 11.6. The number of nitrogens with one attached hydrogen (secondary N) is 1. The Bertz CT molecular complexity index is 331. The van der Waals surface area contributed by atoms with Crippen LogP contribution >= 0.6 is 0 Å². The summed E-state index contributed by atoms with van der Waals surface area (Å²) >= 11 is 0. The van der Waals surface area contributed by atoms with Crippen molar-refractivity contribution in [3.8, 4) is 0 Å². The Morgan fingerprint density at radius 1 is 1.47 bits per heavy atom. The second-order valence-corrected chi connectivity index (χ2v) is 4.13. The van der Waals surface area contributed by atoms with Crippen LogP contribution < -0.4 is 5.32 Å². The summed E-state index contributed by atoms with van der Waals surface area (Å²) in [5.41, 5.74) is 0. The van der Waals surface area contributed by atoms with E-state index in [0.717, 1.165) is 0 Å². The van der Waals surface area contributed by atoms with Crippen molar-refractivity contribution in [2.75, 3.05) is 39.5 Å². The minimum atomic E-state index is -0.356. The number of hydrogen-bond donors (Lipinski definition) is 1. The number of nitrogens with zero attached hydrogens (tertiary/aromatic N) is 1. The van der Waals surface area contributed by atoms with Gasteiger partial charge in [-0.05, 0) is 13.8 Å². The molecule has 1 aliphatic rings. The van der Waals surface area contributed by atoms with Crippen molar-refractivity contribution in [1.29, 1.82) is 0 Å². The van der Waals surface area contributed by atoms with Crippen LogP contribution in [0.1, 0.15) is 13.8 Å². The molecule has 0 spiro atoms. The largest absolute Gasteiger partial charge is 0.463 e. The number of hydrogen-bond acceptors (Lipinski definition) is 5. The number of likely N-dealkylation sites (N-methyl/N-ethyl adjacent to an activating group) is 1. The molecule has 1 fully saturated rings. The van der Waals surface area contributed by atoms with E-state index in [1.165, 1.54) is 6.08 Å². The summed E-state index contributed by atoms with van der Waals surface area (Å²) < 4.78 is 10.1. The number of carbonyl (C=O) groups is 2. The van der Waals surface area contributed by atoms with Crippen molar-refractivity contribution in [2.24, 2.45) is 0 Å². The van der Waals surface area contributed by atoms with Crippen LogP contribution in [0.15, 0.2) is 12.2 Å². The lowest BCUT2D eigenvalue weighted by Gasteiger charge is -2.33. The molecule has 1 amide bonds. The molecule has 19 heavy (non-hydrogen) atoms. The lowest BCUT2D eigenvalue weighted by Crippen LogP contribution is -2.53. The second kappa shape index (κ2) is 8.66. The topological polar surface area (TPSA) is 67.9 Å². The Morgan fingerprint density at radius 3 is 2.95 bits per heavy atom. The highest BCUT2D eigenvalue weighted by Crippen LogP contribution is 2.07. The molecular weight excluding hydrogens is 248 g/mol. The third kappa shape index (κ3) is 5.40. The minimum absolute atomic E-state index is 0.0354. The molecule has 0 radical (unpaired) electrons. The van der Waals surface area contributed by atoms with Crippen LogP contribution in [0.5, 0.6) is 0 Å². The Morgan fingerprint density at radius 2 is 2.26 bits per heavy atom. The molecule has 1 heterocycles. The number of esters is 1. The molecule has 1 unspecified atom stereocenters. The smallest absolute Gasteiger partial charge is 0.330 e. The highest BCUT2D eigenvalue weighted by molar-refractivity contribution is 5.82. The van der Waals surface area contributed by atoms with Crippen molar-refractivity contribution in [2.45, 2.75) is 19.9 Å². The zero-order valence-electron chi connectivity index (χ0n) is 11.6. The molecule has 0 bridgehead atoms. The second-order valence-electron chi connectivity index (χ2n) is 4.13. The van der Waals surface area contributed by atoms with E-state index in [1.54, 1.807) is 13.0 Å². The molecule has 0 saturated carbocycles. The van der Waals surface area contributed by atoms with Gasteiger partial charge in [0.2, 0.25) is 5.91 Å². The maximum atomic E-state index is 11.9. The van der Waals surface area contributed by atoms with Gasteiger partial charge in [-0.1, -0.05) is 6.08 Å². The van der Waals surface area contributed by atoms with Gasteiger partial charge in [0, 0.05) is 25.7 Å². The van der Waals surface area contributed by atoms with Crippen LogP contribution in [0.4, 0.5) is 0 Å². The van der Waals surface area contributed by atoms with Crippen LogP contribution in [0, 0.1) is 0 Å². The summed E-state index contributed by atoms with van der Waals surface area (Å²) in [5, 5.41) is 2.79. The van der Waals surface area contributed by atoms with Gasteiger partial charge < -0.3 is 14.8 Å². The van der Waals surface area contributed by atoms with Gasteiger partial charge in [0.1, 0.15) is 6.04 Å². The van der Waals surface area contributed by atoms with Crippen LogP contribution in [0.3, 0.4) is 0 Å². The molecule has 0 aromatic heterocycles. The molecule has 1 rings (SSSR count). The van der Waals surface area contributed by atoms with Crippen LogP contribution in [-0.4, -0.2) is 62.3 Å². The van der Waals surface area contributed by atoms with Gasteiger partial charge in [-0.15, -0.1) is 0 Å². The lowest BCUT2D eigenvalue weighted by atomic mass is 10.2. The molecule has 1 aliphatic heterocycles. The van der Waals surface area contributed by atoms with Crippen LogP contribution in [0.2, 0.25) is 0 Å². The summed E-state index contributed by atoms with van der Waals surface area (Å²) in [6, 6.07) is -0.291. The van der Waals surface area contributed by atoms with Gasteiger partial charge >= 0.3 is 5.97 Å².